The zero-order chi connectivity index (χ0) is 13.1. The van der Waals surface area contributed by atoms with Gasteiger partial charge in [0.2, 0.25) is 0 Å². The van der Waals surface area contributed by atoms with Gasteiger partial charge in [0.15, 0.2) is 0 Å². The SMILES string of the molecule is O=C(O)C(=CC1CCCC1)c1ccc(Cl)c(Cl)c1. The van der Waals surface area contributed by atoms with Crippen LogP contribution >= 0.6 is 23.2 Å². The number of hydrogen-bond donors (Lipinski definition) is 1. The van der Waals surface area contributed by atoms with Crippen molar-refractivity contribution in [3.63, 3.8) is 0 Å². The maximum absolute atomic E-state index is 11.3. The van der Waals surface area contributed by atoms with E-state index in [0.717, 1.165) is 12.8 Å². The van der Waals surface area contributed by atoms with Crippen LogP contribution in [-0.4, -0.2) is 11.1 Å². The maximum atomic E-state index is 11.3. The van der Waals surface area contributed by atoms with Crippen LogP contribution in [0.1, 0.15) is 31.2 Å². The first-order valence-corrected chi connectivity index (χ1v) is 6.74. The number of hydrogen-bond acceptors (Lipinski definition) is 1. The summed E-state index contributed by atoms with van der Waals surface area (Å²) in [7, 11) is 0. The molecule has 1 N–H and O–H groups in total. The Morgan fingerprint density at radius 2 is 1.89 bits per heavy atom. The van der Waals surface area contributed by atoms with E-state index in [1.807, 2.05) is 6.08 Å². The standard InChI is InChI=1S/C14H14Cl2O2/c15-12-6-5-10(8-13(12)16)11(14(17)18)7-9-3-1-2-4-9/h5-9H,1-4H2,(H,17,18). The fourth-order valence-corrected chi connectivity index (χ4v) is 2.61. The van der Waals surface area contributed by atoms with Crippen LogP contribution in [0, 0.1) is 5.92 Å². The van der Waals surface area contributed by atoms with Crippen molar-refractivity contribution in [2.45, 2.75) is 25.7 Å². The normalized spacial score (nSPS) is 17.1. The van der Waals surface area contributed by atoms with Gasteiger partial charge in [-0.1, -0.05) is 48.2 Å². The number of carboxylic acids is 1. The molecule has 1 aromatic rings. The molecule has 1 fully saturated rings. The lowest BCUT2D eigenvalue weighted by atomic mass is 9.99. The van der Waals surface area contributed by atoms with E-state index in [0.29, 0.717) is 27.1 Å². The average molecular weight is 285 g/mol. The fourth-order valence-electron chi connectivity index (χ4n) is 2.31. The van der Waals surface area contributed by atoms with E-state index < -0.39 is 5.97 Å². The molecule has 2 nitrogen and oxygen atoms in total. The molecule has 0 bridgehead atoms. The van der Waals surface area contributed by atoms with Gasteiger partial charge in [0.05, 0.1) is 15.6 Å². The Hall–Kier alpha value is -0.990. The monoisotopic (exact) mass is 284 g/mol. The van der Waals surface area contributed by atoms with Crippen LogP contribution in [0.4, 0.5) is 0 Å². The van der Waals surface area contributed by atoms with E-state index in [2.05, 4.69) is 0 Å². The largest absolute Gasteiger partial charge is 0.478 e. The Balaban J connectivity index is 2.34. The van der Waals surface area contributed by atoms with Crippen molar-refractivity contribution in [1.82, 2.24) is 0 Å². The molecule has 0 aliphatic heterocycles. The number of halogens is 2. The van der Waals surface area contributed by atoms with Crippen LogP contribution in [-0.2, 0) is 4.79 Å². The predicted molar refractivity (Wildman–Crippen MR) is 74.0 cm³/mol. The van der Waals surface area contributed by atoms with Crippen LogP contribution in [0.15, 0.2) is 24.3 Å². The van der Waals surface area contributed by atoms with Crippen molar-refractivity contribution in [3.05, 3.63) is 39.9 Å². The third-order valence-electron chi connectivity index (χ3n) is 3.26. The molecule has 0 heterocycles. The summed E-state index contributed by atoms with van der Waals surface area (Å²) in [5.74, 6) is -0.550. The highest BCUT2D eigenvalue weighted by molar-refractivity contribution is 6.42. The second-order valence-corrected chi connectivity index (χ2v) is 5.37. The van der Waals surface area contributed by atoms with Gasteiger partial charge in [0, 0.05) is 0 Å². The molecule has 1 aliphatic rings. The third-order valence-corrected chi connectivity index (χ3v) is 4.00. The summed E-state index contributed by atoms with van der Waals surface area (Å²) >= 11 is 11.8. The van der Waals surface area contributed by atoms with Gasteiger partial charge in [0.1, 0.15) is 0 Å². The average Bonchev–Trinajstić information content (AvgIpc) is 2.82. The van der Waals surface area contributed by atoms with Crippen molar-refractivity contribution in [1.29, 1.82) is 0 Å². The van der Waals surface area contributed by atoms with E-state index >= 15 is 0 Å². The molecule has 0 radical (unpaired) electrons. The summed E-state index contributed by atoms with van der Waals surface area (Å²) in [5.41, 5.74) is 0.935. The lowest BCUT2D eigenvalue weighted by Gasteiger charge is -2.08. The minimum absolute atomic E-state index is 0.320. The molecule has 1 saturated carbocycles. The maximum Gasteiger partial charge on any atom is 0.335 e. The van der Waals surface area contributed by atoms with Crippen LogP contribution in [0.2, 0.25) is 10.0 Å². The molecule has 1 aromatic carbocycles. The second-order valence-electron chi connectivity index (χ2n) is 4.56. The Bertz CT molecular complexity index is 489. The van der Waals surface area contributed by atoms with Crippen LogP contribution < -0.4 is 0 Å². The van der Waals surface area contributed by atoms with Crippen molar-refractivity contribution >= 4 is 34.7 Å². The molecule has 1 aliphatic carbocycles. The predicted octanol–water partition coefficient (Wildman–Crippen LogP) is 4.65. The summed E-state index contributed by atoms with van der Waals surface area (Å²) in [6.45, 7) is 0. The van der Waals surface area contributed by atoms with Crippen LogP contribution in [0.25, 0.3) is 5.57 Å². The minimum atomic E-state index is -0.916. The molecule has 0 amide bonds. The third kappa shape index (κ3) is 3.06. The van der Waals surface area contributed by atoms with E-state index in [1.165, 1.54) is 12.8 Å². The molecule has 2 rings (SSSR count). The van der Waals surface area contributed by atoms with Gasteiger partial charge in [-0.15, -0.1) is 0 Å². The Morgan fingerprint density at radius 3 is 2.44 bits per heavy atom. The summed E-state index contributed by atoms with van der Waals surface area (Å²) in [5, 5.41) is 10.1. The molecule has 18 heavy (non-hydrogen) atoms. The van der Waals surface area contributed by atoms with Crippen molar-refractivity contribution in [2.24, 2.45) is 5.92 Å². The Labute approximate surface area is 116 Å². The first-order valence-electron chi connectivity index (χ1n) is 5.98. The van der Waals surface area contributed by atoms with Gasteiger partial charge < -0.3 is 5.11 Å². The number of carboxylic acid groups (broad SMARTS) is 1. The number of allylic oxidation sites excluding steroid dienone is 1. The van der Waals surface area contributed by atoms with E-state index in [-0.39, 0.29) is 0 Å². The van der Waals surface area contributed by atoms with E-state index in [1.54, 1.807) is 18.2 Å². The molecule has 0 atom stereocenters. The topological polar surface area (TPSA) is 37.3 Å². The lowest BCUT2D eigenvalue weighted by molar-refractivity contribution is -0.130. The number of carbonyl (C=O) groups is 1. The molecule has 0 saturated heterocycles. The van der Waals surface area contributed by atoms with Crippen molar-refractivity contribution in [3.8, 4) is 0 Å². The lowest BCUT2D eigenvalue weighted by Crippen LogP contribution is -2.02. The smallest absolute Gasteiger partial charge is 0.335 e. The molecule has 4 heteroatoms. The van der Waals surface area contributed by atoms with Crippen molar-refractivity contribution < 1.29 is 9.90 Å². The summed E-state index contributed by atoms with van der Waals surface area (Å²) in [6.07, 6.45) is 6.34. The summed E-state index contributed by atoms with van der Waals surface area (Å²) < 4.78 is 0. The molecular weight excluding hydrogens is 271 g/mol. The van der Waals surface area contributed by atoms with E-state index in [9.17, 15) is 9.90 Å². The number of benzene rings is 1. The minimum Gasteiger partial charge on any atom is -0.478 e. The number of aliphatic carboxylic acids is 1. The molecule has 0 aromatic heterocycles. The zero-order valence-electron chi connectivity index (χ0n) is 9.83. The molecule has 0 unspecified atom stereocenters. The van der Waals surface area contributed by atoms with Gasteiger partial charge in [-0.2, -0.15) is 0 Å². The fraction of sp³-hybridized carbons (Fsp3) is 0.357. The van der Waals surface area contributed by atoms with Gasteiger partial charge in [-0.25, -0.2) is 4.79 Å². The quantitative estimate of drug-likeness (QED) is 0.821. The highest BCUT2D eigenvalue weighted by Crippen LogP contribution is 2.31. The molecule has 96 valence electrons. The van der Waals surface area contributed by atoms with Crippen LogP contribution in [0.5, 0.6) is 0 Å². The van der Waals surface area contributed by atoms with E-state index in [4.69, 9.17) is 23.2 Å². The van der Waals surface area contributed by atoms with Gasteiger partial charge in [0.25, 0.3) is 0 Å². The van der Waals surface area contributed by atoms with Gasteiger partial charge in [-0.3, -0.25) is 0 Å². The molecular formula is C14H14Cl2O2. The van der Waals surface area contributed by atoms with Gasteiger partial charge >= 0.3 is 5.97 Å². The van der Waals surface area contributed by atoms with Crippen LogP contribution in [0.3, 0.4) is 0 Å². The molecule has 0 spiro atoms. The van der Waals surface area contributed by atoms with Gasteiger partial charge in [-0.05, 0) is 36.5 Å². The number of rotatable bonds is 3. The Morgan fingerprint density at radius 1 is 1.22 bits per heavy atom. The Kier molecular flexibility index (Phi) is 4.31. The highest BCUT2D eigenvalue weighted by Gasteiger charge is 2.18. The first-order chi connectivity index (χ1) is 8.58. The second kappa shape index (κ2) is 5.77. The summed E-state index contributed by atoms with van der Waals surface area (Å²) in [6, 6.07) is 4.94. The zero-order valence-corrected chi connectivity index (χ0v) is 11.3. The first kappa shape index (κ1) is 13.4. The summed E-state index contributed by atoms with van der Waals surface area (Å²) in [4.78, 5) is 11.3. The van der Waals surface area contributed by atoms with Crippen molar-refractivity contribution in [2.75, 3.05) is 0 Å². The highest BCUT2D eigenvalue weighted by atomic mass is 35.5.